The molecule has 0 spiro atoms. The van der Waals surface area contributed by atoms with E-state index in [-0.39, 0.29) is 6.04 Å². The van der Waals surface area contributed by atoms with Crippen LogP contribution in [0.3, 0.4) is 0 Å². The Morgan fingerprint density at radius 2 is 1.79 bits per heavy atom. The van der Waals surface area contributed by atoms with E-state index in [2.05, 4.69) is 62.5 Å². The largest absolute Gasteiger partial charge is 0.306 e. The Kier molecular flexibility index (Phi) is 4.62. The van der Waals surface area contributed by atoms with Gasteiger partial charge in [-0.3, -0.25) is 0 Å². The van der Waals surface area contributed by atoms with Crippen LogP contribution in [0.4, 0.5) is 0 Å². The molecule has 2 aromatic rings. The van der Waals surface area contributed by atoms with Crippen molar-refractivity contribution in [1.29, 1.82) is 0 Å². The minimum Gasteiger partial charge on any atom is -0.306 e. The van der Waals surface area contributed by atoms with E-state index in [4.69, 9.17) is 11.6 Å². The van der Waals surface area contributed by atoms with E-state index in [1.807, 2.05) is 6.07 Å². The average Bonchev–Trinajstić information content (AvgIpc) is 2.37. The quantitative estimate of drug-likeness (QED) is 0.855. The molecule has 0 amide bonds. The molecule has 0 radical (unpaired) electrons. The van der Waals surface area contributed by atoms with Crippen LogP contribution in [0, 0.1) is 13.8 Å². The summed E-state index contributed by atoms with van der Waals surface area (Å²) in [5, 5.41) is 4.34. The lowest BCUT2D eigenvalue weighted by molar-refractivity contribution is 0.630. The van der Waals surface area contributed by atoms with Crippen molar-refractivity contribution in [2.45, 2.75) is 26.8 Å². The van der Waals surface area contributed by atoms with Crippen LogP contribution in [0.25, 0.3) is 0 Å². The topological polar surface area (TPSA) is 12.0 Å². The summed E-state index contributed by atoms with van der Waals surface area (Å²) in [5.41, 5.74) is 4.85. The van der Waals surface area contributed by atoms with Gasteiger partial charge in [0.1, 0.15) is 0 Å². The van der Waals surface area contributed by atoms with E-state index in [1.54, 1.807) is 0 Å². The number of hydrogen-bond donors (Lipinski definition) is 1. The zero-order valence-corrected chi connectivity index (χ0v) is 12.5. The van der Waals surface area contributed by atoms with Crippen LogP contribution in [0.15, 0.2) is 42.5 Å². The van der Waals surface area contributed by atoms with Gasteiger partial charge in [-0.1, -0.05) is 60.5 Å². The highest BCUT2D eigenvalue weighted by molar-refractivity contribution is 6.31. The van der Waals surface area contributed by atoms with Crippen LogP contribution in [0.2, 0.25) is 5.02 Å². The van der Waals surface area contributed by atoms with Crippen LogP contribution in [-0.4, -0.2) is 6.54 Å². The number of hydrogen-bond acceptors (Lipinski definition) is 1. The van der Waals surface area contributed by atoms with E-state index in [1.165, 1.54) is 16.7 Å². The molecule has 0 fully saturated rings. The molecular formula is C17H20ClN. The normalized spacial score (nSPS) is 12.4. The maximum atomic E-state index is 6.41. The highest BCUT2D eigenvalue weighted by Crippen LogP contribution is 2.29. The molecule has 2 aromatic carbocycles. The molecule has 0 aromatic heterocycles. The maximum Gasteiger partial charge on any atom is 0.0591 e. The van der Waals surface area contributed by atoms with Crippen LogP contribution in [-0.2, 0) is 0 Å². The summed E-state index contributed by atoms with van der Waals surface area (Å²) in [4.78, 5) is 0. The molecule has 2 rings (SSSR count). The molecule has 1 atom stereocenters. The first-order valence-corrected chi connectivity index (χ1v) is 7.05. The lowest BCUT2D eigenvalue weighted by atomic mass is 9.96. The third-order valence-corrected chi connectivity index (χ3v) is 3.58. The van der Waals surface area contributed by atoms with Crippen molar-refractivity contribution in [3.05, 3.63) is 69.7 Å². The summed E-state index contributed by atoms with van der Waals surface area (Å²) < 4.78 is 0. The number of rotatable bonds is 4. The van der Waals surface area contributed by atoms with Crippen molar-refractivity contribution in [3.8, 4) is 0 Å². The van der Waals surface area contributed by atoms with Crippen molar-refractivity contribution in [2.24, 2.45) is 0 Å². The number of aryl methyl sites for hydroxylation is 2. The average molecular weight is 274 g/mol. The summed E-state index contributed by atoms with van der Waals surface area (Å²) in [6, 6.07) is 15.0. The maximum absolute atomic E-state index is 6.41. The SMILES string of the molecule is CCNC(c1cccc(C)c1)c1ccc(C)cc1Cl. The molecule has 2 heteroatoms. The van der Waals surface area contributed by atoms with Crippen LogP contribution >= 0.6 is 11.6 Å². The lowest BCUT2D eigenvalue weighted by Gasteiger charge is -2.21. The van der Waals surface area contributed by atoms with Crippen LogP contribution in [0.5, 0.6) is 0 Å². The molecule has 0 aliphatic heterocycles. The zero-order chi connectivity index (χ0) is 13.8. The van der Waals surface area contributed by atoms with Crippen molar-refractivity contribution in [2.75, 3.05) is 6.54 Å². The molecule has 1 N–H and O–H groups in total. The number of benzene rings is 2. The highest BCUT2D eigenvalue weighted by Gasteiger charge is 2.15. The fourth-order valence-electron chi connectivity index (χ4n) is 2.33. The van der Waals surface area contributed by atoms with Crippen molar-refractivity contribution >= 4 is 11.6 Å². The summed E-state index contributed by atoms with van der Waals surface area (Å²) >= 11 is 6.41. The predicted molar refractivity (Wildman–Crippen MR) is 82.9 cm³/mol. The van der Waals surface area contributed by atoms with Gasteiger partial charge in [0.05, 0.1) is 6.04 Å². The molecule has 0 aliphatic carbocycles. The van der Waals surface area contributed by atoms with Crippen molar-refractivity contribution < 1.29 is 0 Å². The Bertz CT molecular complexity index is 563. The minimum atomic E-state index is 0.151. The molecule has 0 aliphatic rings. The fourth-order valence-corrected chi connectivity index (χ4v) is 2.67. The highest BCUT2D eigenvalue weighted by atomic mass is 35.5. The second kappa shape index (κ2) is 6.23. The van der Waals surface area contributed by atoms with Gasteiger partial charge in [-0.2, -0.15) is 0 Å². The Morgan fingerprint density at radius 1 is 1.05 bits per heavy atom. The Balaban J connectivity index is 2.45. The molecule has 1 unspecified atom stereocenters. The van der Waals surface area contributed by atoms with E-state index in [0.29, 0.717) is 0 Å². The van der Waals surface area contributed by atoms with Gasteiger partial charge in [0.2, 0.25) is 0 Å². The van der Waals surface area contributed by atoms with Crippen molar-refractivity contribution in [3.63, 3.8) is 0 Å². The first-order valence-electron chi connectivity index (χ1n) is 6.68. The molecular weight excluding hydrogens is 254 g/mol. The van der Waals surface area contributed by atoms with E-state index >= 15 is 0 Å². The molecule has 19 heavy (non-hydrogen) atoms. The van der Waals surface area contributed by atoms with Gasteiger partial charge in [0, 0.05) is 5.02 Å². The van der Waals surface area contributed by atoms with Gasteiger partial charge in [-0.05, 0) is 43.1 Å². The second-order valence-corrected chi connectivity index (χ2v) is 5.34. The molecule has 0 bridgehead atoms. The van der Waals surface area contributed by atoms with E-state index in [0.717, 1.165) is 17.1 Å². The predicted octanol–water partition coefficient (Wildman–Crippen LogP) is 4.66. The first-order chi connectivity index (χ1) is 9.11. The third kappa shape index (κ3) is 3.37. The third-order valence-electron chi connectivity index (χ3n) is 3.25. The van der Waals surface area contributed by atoms with Crippen molar-refractivity contribution in [1.82, 2.24) is 5.32 Å². The summed E-state index contributed by atoms with van der Waals surface area (Å²) in [5.74, 6) is 0. The van der Waals surface area contributed by atoms with Crippen LogP contribution in [0.1, 0.15) is 35.2 Å². The Labute approximate surface area is 120 Å². The summed E-state index contributed by atoms with van der Waals surface area (Å²) in [6.45, 7) is 7.20. The first kappa shape index (κ1) is 14.1. The minimum absolute atomic E-state index is 0.151. The fraction of sp³-hybridized carbons (Fsp3) is 0.294. The summed E-state index contributed by atoms with van der Waals surface area (Å²) in [7, 11) is 0. The molecule has 1 nitrogen and oxygen atoms in total. The number of nitrogens with one attached hydrogen (secondary N) is 1. The molecule has 0 saturated carbocycles. The second-order valence-electron chi connectivity index (χ2n) is 4.93. The molecule has 100 valence electrons. The molecule has 0 heterocycles. The van der Waals surface area contributed by atoms with E-state index in [9.17, 15) is 0 Å². The summed E-state index contributed by atoms with van der Waals surface area (Å²) in [6.07, 6.45) is 0. The lowest BCUT2D eigenvalue weighted by Crippen LogP contribution is -2.22. The number of halogens is 1. The standard InChI is InChI=1S/C17H20ClN/c1-4-19-17(14-7-5-6-12(2)10-14)15-9-8-13(3)11-16(15)18/h5-11,17,19H,4H2,1-3H3. The van der Waals surface area contributed by atoms with Gasteiger partial charge in [0.25, 0.3) is 0 Å². The van der Waals surface area contributed by atoms with Gasteiger partial charge in [0.15, 0.2) is 0 Å². The van der Waals surface area contributed by atoms with Gasteiger partial charge < -0.3 is 5.32 Å². The Morgan fingerprint density at radius 3 is 2.42 bits per heavy atom. The van der Waals surface area contributed by atoms with Crippen LogP contribution < -0.4 is 5.32 Å². The Hall–Kier alpha value is -1.31. The van der Waals surface area contributed by atoms with Gasteiger partial charge >= 0.3 is 0 Å². The van der Waals surface area contributed by atoms with E-state index < -0.39 is 0 Å². The van der Waals surface area contributed by atoms with Gasteiger partial charge in [-0.15, -0.1) is 0 Å². The zero-order valence-electron chi connectivity index (χ0n) is 11.7. The smallest absolute Gasteiger partial charge is 0.0591 e. The van der Waals surface area contributed by atoms with Gasteiger partial charge in [-0.25, -0.2) is 0 Å². The monoisotopic (exact) mass is 273 g/mol. The molecule has 0 saturated heterocycles.